The van der Waals surface area contributed by atoms with E-state index in [0.717, 1.165) is 0 Å². The zero-order valence-corrected chi connectivity index (χ0v) is 18.1. The van der Waals surface area contributed by atoms with Crippen LogP contribution in [-0.2, 0) is 0 Å². The van der Waals surface area contributed by atoms with Crippen LogP contribution in [0.1, 0.15) is 0 Å². The summed E-state index contributed by atoms with van der Waals surface area (Å²) in [6, 6.07) is 16.2. The number of aromatic nitrogens is 2. The summed E-state index contributed by atoms with van der Waals surface area (Å²) < 4.78 is 78.3. The zero-order chi connectivity index (χ0) is 25.2. The number of alkyl halides is 5. The summed E-state index contributed by atoms with van der Waals surface area (Å²) >= 11 is 0. The number of benzene rings is 2. The van der Waals surface area contributed by atoms with Crippen LogP contribution in [0, 0.1) is 0 Å². The molecule has 2 heterocycles. The molecular formula is C24H17F5N2O4. The molecule has 0 unspecified atom stereocenters. The van der Waals surface area contributed by atoms with Gasteiger partial charge in [-0.25, -0.2) is 0 Å². The second-order valence-electron chi connectivity index (χ2n) is 7.27. The Morgan fingerprint density at radius 3 is 2.20 bits per heavy atom. The summed E-state index contributed by atoms with van der Waals surface area (Å²) in [5.74, 6) is 0.116. The molecule has 35 heavy (non-hydrogen) atoms. The number of ether oxygens (including phenoxy) is 3. The Morgan fingerprint density at radius 1 is 0.943 bits per heavy atom. The summed E-state index contributed by atoms with van der Waals surface area (Å²) in [7, 11) is 1.50. The maximum absolute atomic E-state index is 13.5. The van der Waals surface area contributed by atoms with Gasteiger partial charge in [0.15, 0.2) is 12.3 Å². The first kappa shape index (κ1) is 24.0. The van der Waals surface area contributed by atoms with E-state index in [-0.39, 0.29) is 28.5 Å². The van der Waals surface area contributed by atoms with Crippen molar-refractivity contribution in [3.05, 3.63) is 77.1 Å². The molecule has 0 amide bonds. The van der Waals surface area contributed by atoms with Crippen LogP contribution < -0.4 is 19.8 Å². The fourth-order valence-corrected chi connectivity index (χ4v) is 3.40. The highest BCUT2D eigenvalue weighted by atomic mass is 19.4. The van der Waals surface area contributed by atoms with Gasteiger partial charge in [-0.2, -0.15) is 26.9 Å². The van der Waals surface area contributed by atoms with E-state index < -0.39 is 25.0 Å². The molecule has 0 N–H and O–H groups in total. The predicted molar refractivity (Wildman–Crippen MR) is 118 cm³/mol. The van der Waals surface area contributed by atoms with Crippen LogP contribution in [0.4, 0.5) is 22.0 Å². The minimum Gasteiger partial charge on any atom is -0.497 e. The predicted octanol–water partition coefficient (Wildman–Crippen LogP) is 5.60. The lowest BCUT2D eigenvalue weighted by Crippen LogP contribution is -2.22. The summed E-state index contributed by atoms with van der Waals surface area (Å²) in [5, 5.41) is 0.433. The van der Waals surface area contributed by atoms with Gasteiger partial charge in [0, 0.05) is 17.0 Å². The van der Waals surface area contributed by atoms with Gasteiger partial charge >= 0.3 is 12.8 Å². The average Bonchev–Trinajstić information content (AvgIpc) is 2.82. The topological polar surface area (TPSA) is 62.6 Å². The fourth-order valence-electron chi connectivity index (χ4n) is 3.40. The number of methoxy groups -OCH3 is 1. The van der Waals surface area contributed by atoms with Gasteiger partial charge in [0.1, 0.15) is 11.5 Å². The molecular weight excluding hydrogens is 475 g/mol. The highest BCUT2D eigenvalue weighted by Crippen LogP contribution is 2.27. The quantitative estimate of drug-likeness (QED) is 0.314. The standard InChI is InChI=1S/C24H17F5N2O4/c1-33-17-7-2-14(3-8-17)19-12-15-4-11-20(34-13-24(27,28)29)30-21(15)31(22(19)32)16-5-9-18(10-6-16)35-23(25)26/h2-12,23H,13H2,1H3. The fraction of sp³-hybridized carbons (Fsp3) is 0.167. The number of hydrogen-bond donors (Lipinski definition) is 0. The molecule has 0 atom stereocenters. The van der Waals surface area contributed by atoms with Crippen LogP contribution in [0.2, 0.25) is 0 Å². The maximum Gasteiger partial charge on any atom is 0.422 e. The Balaban J connectivity index is 1.89. The Bertz CT molecular complexity index is 1380. The number of nitrogens with zero attached hydrogens (tertiary/aromatic N) is 2. The van der Waals surface area contributed by atoms with Gasteiger partial charge in [-0.1, -0.05) is 12.1 Å². The van der Waals surface area contributed by atoms with E-state index in [1.807, 2.05) is 0 Å². The molecule has 182 valence electrons. The molecule has 0 fully saturated rings. The number of fused-ring (bicyclic) bond motifs is 1. The van der Waals surface area contributed by atoms with Gasteiger partial charge in [-0.3, -0.25) is 9.36 Å². The molecule has 0 saturated heterocycles. The van der Waals surface area contributed by atoms with E-state index in [1.165, 1.54) is 48.1 Å². The molecule has 0 saturated carbocycles. The molecule has 11 heteroatoms. The SMILES string of the molecule is COc1ccc(-c2cc3ccc(OCC(F)(F)F)nc3n(-c3ccc(OC(F)F)cc3)c2=O)cc1. The van der Waals surface area contributed by atoms with Gasteiger partial charge in [0.2, 0.25) is 5.88 Å². The van der Waals surface area contributed by atoms with E-state index >= 15 is 0 Å². The molecule has 4 rings (SSSR count). The van der Waals surface area contributed by atoms with Crippen LogP contribution in [0.15, 0.2) is 71.5 Å². The average molecular weight is 492 g/mol. The third-order valence-corrected chi connectivity index (χ3v) is 4.93. The van der Waals surface area contributed by atoms with E-state index in [2.05, 4.69) is 9.72 Å². The molecule has 0 aliphatic carbocycles. The molecule has 2 aromatic heterocycles. The lowest BCUT2D eigenvalue weighted by molar-refractivity contribution is -0.154. The minimum absolute atomic E-state index is 0.0227. The van der Waals surface area contributed by atoms with E-state index in [4.69, 9.17) is 9.47 Å². The second-order valence-corrected chi connectivity index (χ2v) is 7.27. The van der Waals surface area contributed by atoms with Crippen molar-refractivity contribution < 1.29 is 36.2 Å². The van der Waals surface area contributed by atoms with Crippen molar-refractivity contribution in [2.45, 2.75) is 12.8 Å². The largest absolute Gasteiger partial charge is 0.497 e. The Labute approximate surface area is 195 Å². The van der Waals surface area contributed by atoms with Crippen molar-refractivity contribution in [1.82, 2.24) is 9.55 Å². The van der Waals surface area contributed by atoms with Crippen molar-refractivity contribution in [3.63, 3.8) is 0 Å². The molecule has 0 bridgehead atoms. The lowest BCUT2D eigenvalue weighted by Gasteiger charge is -2.15. The van der Waals surface area contributed by atoms with Crippen molar-refractivity contribution >= 4 is 11.0 Å². The number of pyridine rings is 2. The smallest absolute Gasteiger partial charge is 0.422 e. The summed E-state index contributed by atoms with van der Waals surface area (Å²) in [5.41, 5.74) is 0.554. The van der Waals surface area contributed by atoms with Crippen LogP contribution in [-0.4, -0.2) is 36.1 Å². The summed E-state index contributed by atoms with van der Waals surface area (Å²) in [6.07, 6.45) is -4.57. The Hall–Kier alpha value is -4.15. The van der Waals surface area contributed by atoms with E-state index in [9.17, 15) is 26.7 Å². The third kappa shape index (κ3) is 5.51. The molecule has 4 aromatic rings. The molecule has 0 aliphatic rings. The van der Waals surface area contributed by atoms with Crippen LogP contribution in [0.25, 0.3) is 27.8 Å². The van der Waals surface area contributed by atoms with Gasteiger partial charge in [0.25, 0.3) is 5.56 Å². The zero-order valence-electron chi connectivity index (χ0n) is 18.1. The highest BCUT2D eigenvalue weighted by Gasteiger charge is 2.28. The van der Waals surface area contributed by atoms with Gasteiger partial charge in [-0.15, -0.1) is 0 Å². The Kier molecular flexibility index (Phi) is 6.59. The number of halogens is 5. The van der Waals surface area contributed by atoms with Gasteiger partial charge in [-0.05, 0) is 54.1 Å². The van der Waals surface area contributed by atoms with E-state index in [1.54, 1.807) is 30.3 Å². The summed E-state index contributed by atoms with van der Waals surface area (Å²) in [4.78, 5) is 17.7. The molecule has 0 radical (unpaired) electrons. The molecule has 0 spiro atoms. The number of hydrogen-bond acceptors (Lipinski definition) is 5. The minimum atomic E-state index is -4.57. The lowest BCUT2D eigenvalue weighted by atomic mass is 10.1. The van der Waals surface area contributed by atoms with Crippen LogP contribution in [0.5, 0.6) is 17.4 Å². The highest BCUT2D eigenvalue weighted by molar-refractivity contribution is 5.83. The van der Waals surface area contributed by atoms with Crippen molar-refractivity contribution in [3.8, 4) is 34.2 Å². The van der Waals surface area contributed by atoms with Crippen molar-refractivity contribution in [2.24, 2.45) is 0 Å². The maximum atomic E-state index is 13.5. The first-order valence-electron chi connectivity index (χ1n) is 10.1. The van der Waals surface area contributed by atoms with Gasteiger partial charge in [0.05, 0.1) is 12.8 Å². The first-order valence-corrected chi connectivity index (χ1v) is 10.1. The molecule has 2 aromatic carbocycles. The monoisotopic (exact) mass is 492 g/mol. The molecule has 6 nitrogen and oxygen atoms in total. The van der Waals surface area contributed by atoms with Crippen LogP contribution >= 0.6 is 0 Å². The van der Waals surface area contributed by atoms with Gasteiger partial charge < -0.3 is 14.2 Å². The summed E-state index contributed by atoms with van der Waals surface area (Å²) in [6.45, 7) is -4.59. The normalized spacial score (nSPS) is 11.6. The van der Waals surface area contributed by atoms with E-state index in [0.29, 0.717) is 16.7 Å². The second kappa shape index (κ2) is 9.61. The van der Waals surface area contributed by atoms with Crippen molar-refractivity contribution in [2.75, 3.05) is 13.7 Å². The molecule has 0 aliphatic heterocycles. The van der Waals surface area contributed by atoms with Crippen molar-refractivity contribution in [1.29, 1.82) is 0 Å². The van der Waals surface area contributed by atoms with Crippen LogP contribution in [0.3, 0.4) is 0 Å². The third-order valence-electron chi connectivity index (χ3n) is 4.93. The number of rotatable bonds is 7. The first-order chi connectivity index (χ1) is 16.6. The Morgan fingerprint density at radius 2 is 1.60 bits per heavy atom.